The van der Waals surface area contributed by atoms with E-state index in [9.17, 15) is 4.79 Å². The summed E-state index contributed by atoms with van der Waals surface area (Å²) < 4.78 is 0. The average molecular weight is 260 g/mol. The summed E-state index contributed by atoms with van der Waals surface area (Å²) in [5.41, 5.74) is 7.81. The van der Waals surface area contributed by atoms with Gasteiger partial charge in [0.25, 0.3) is 5.91 Å². The quantitative estimate of drug-likeness (QED) is 0.904. The zero-order valence-corrected chi connectivity index (χ0v) is 12.1. The predicted octanol–water partition coefficient (Wildman–Crippen LogP) is 2.62. The fraction of sp³-hybridized carbons (Fsp3) is 0.562. The lowest BCUT2D eigenvalue weighted by Crippen LogP contribution is -2.43. The molecule has 0 spiro atoms. The summed E-state index contributed by atoms with van der Waals surface area (Å²) in [5.74, 6) is 1.19. The summed E-state index contributed by atoms with van der Waals surface area (Å²) in [5, 5.41) is 0. The Bertz CT molecular complexity index is 433. The number of carbonyl (C=O) groups excluding carboxylic acids is 1. The van der Waals surface area contributed by atoms with E-state index in [4.69, 9.17) is 5.73 Å². The third-order valence-electron chi connectivity index (χ3n) is 3.98. The molecule has 0 aromatic heterocycles. The predicted molar refractivity (Wildman–Crippen MR) is 78.2 cm³/mol. The summed E-state index contributed by atoms with van der Waals surface area (Å²) in [6.45, 7) is 5.13. The number of carbonyl (C=O) groups is 1. The summed E-state index contributed by atoms with van der Waals surface area (Å²) in [6.07, 6.45) is 2.09. The van der Waals surface area contributed by atoms with Crippen molar-refractivity contribution in [1.29, 1.82) is 0 Å². The Hall–Kier alpha value is -1.35. The maximum atomic E-state index is 12.3. The molecule has 3 heteroatoms. The van der Waals surface area contributed by atoms with Gasteiger partial charge in [-0.2, -0.15) is 0 Å². The molecule has 104 valence electrons. The molecule has 1 aliphatic rings. The molecular formula is C16H24N2O. The van der Waals surface area contributed by atoms with Gasteiger partial charge in [0.05, 0.1) is 0 Å². The minimum Gasteiger partial charge on any atom is -0.341 e. The second-order valence-corrected chi connectivity index (χ2v) is 6.06. The molecule has 1 aromatic carbocycles. The number of rotatable bonds is 4. The summed E-state index contributed by atoms with van der Waals surface area (Å²) in [4.78, 5) is 14.1. The van der Waals surface area contributed by atoms with Gasteiger partial charge in [-0.3, -0.25) is 4.79 Å². The second kappa shape index (κ2) is 5.74. The highest BCUT2D eigenvalue weighted by atomic mass is 16.2. The molecule has 0 atom stereocenters. The highest BCUT2D eigenvalue weighted by Crippen LogP contribution is 2.26. The van der Waals surface area contributed by atoms with Crippen molar-refractivity contribution in [2.24, 2.45) is 11.7 Å². The van der Waals surface area contributed by atoms with Crippen LogP contribution in [0.3, 0.4) is 0 Å². The second-order valence-electron chi connectivity index (χ2n) is 6.06. The number of nitrogens with zero attached hydrogens (tertiary/aromatic N) is 1. The van der Waals surface area contributed by atoms with E-state index in [0.29, 0.717) is 17.9 Å². The van der Waals surface area contributed by atoms with Crippen LogP contribution in [-0.4, -0.2) is 30.4 Å². The van der Waals surface area contributed by atoms with Crippen molar-refractivity contribution >= 4 is 5.91 Å². The van der Waals surface area contributed by atoms with Crippen molar-refractivity contribution in [3.8, 4) is 0 Å². The van der Waals surface area contributed by atoms with Crippen molar-refractivity contribution in [2.75, 3.05) is 13.6 Å². The molecule has 1 aromatic rings. The van der Waals surface area contributed by atoms with Crippen LogP contribution < -0.4 is 5.73 Å². The van der Waals surface area contributed by atoms with Crippen LogP contribution in [0.2, 0.25) is 0 Å². The van der Waals surface area contributed by atoms with Crippen LogP contribution in [0.4, 0.5) is 0 Å². The molecule has 1 aliphatic carbocycles. The first-order valence-corrected chi connectivity index (χ1v) is 7.08. The smallest absolute Gasteiger partial charge is 0.253 e. The SMILES string of the molecule is CC(C)c1ccc(C(=O)N(C)CC2CC(N)C2)cc1. The Labute approximate surface area is 115 Å². The van der Waals surface area contributed by atoms with E-state index in [-0.39, 0.29) is 5.91 Å². The fourth-order valence-corrected chi connectivity index (χ4v) is 2.64. The van der Waals surface area contributed by atoms with Gasteiger partial charge < -0.3 is 10.6 Å². The minimum absolute atomic E-state index is 0.107. The number of hydrogen-bond acceptors (Lipinski definition) is 2. The lowest BCUT2D eigenvalue weighted by atomic mass is 9.80. The van der Waals surface area contributed by atoms with Gasteiger partial charge in [0.15, 0.2) is 0 Å². The molecule has 0 bridgehead atoms. The third kappa shape index (κ3) is 3.35. The van der Waals surface area contributed by atoms with E-state index in [1.54, 1.807) is 0 Å². The molecule has 2 rings (SSSR count). The molecule has 19 heavy (non-hydrogen) atoms. The Kier molecular flexibility index (Phi) is 4.25. The van der Waals surface area contributed by atoms with Crippen LogP contribution in [0, 0.1) is 5.92 Å². The molecule has 0 heterocycles. The lowest BCUT2D eigenvalue weighted by Gasteiger charge is -2.35. The Balaban J connectivity index is 1.94. The molecule has 0 unspecified atom stereocenters. The van der Waals surface area contributed by atoms with Gasteiger partial charge in [-0.15, -0.1) is 0 Å². The number of nitrogens with two attached hydrogens (primary N) is 1. The topological polar surface area (TPSA) is 46.3 Å². The monoisotopic (exact) mass is 260 g/mol. The highest BCUT2D eigenvalue weighted by molar-refractivity contribution is 5.94. The minimum atomic E-state index is 0.107. The Morgan fingerprint density at radius 3 is 2.37 bits per heavy atom. The van der Waals surface area contributed by atoms with Crippen molar-refractivity contribution in [3.05, 3.63) is 35.4 Å². The number of benzene rings is 1. The first-order valence-electron chi connectivity index (χ1n) is 7.08. The van der Waals surface area contributed by atoms with E-state index in [1.165, 1.54) is 5.56 Å². The zero-order chi connectivity index (χ0) is 14.0. The van der Waals surface area contributed by atoms with Crippen LogP contribution in [0.15, 0.2) is 24.3 Å². The molecular weight excluding hydrogens is 236 g/mol. The Morgan fingerprint density at radius 2 is 1.89 bits per heavy atom. The third-order valence-corrected chi connectivity index (χ3v) is 3.98. The molecule has 2 N–H and O–H groups in total. The van der Waals surface area contributed by atoms with Crippen LogP contribution in [-0.2, 0) is 0 Å². The van der Waals surface area contributed by atoms with E-state index < -0.39 is 0 Å². The average Bonchev–Trinajstić information content (AvgIpc) is 2.36. The van der Waals surface area contributed by atoms with Gasteiger partial charge in [0, 0.05) is 25.2 Å². The molecule has 3 nitrogen and oxygen atoms in total. The van der Waals surface area contributed by atoms with Gasteiger partial charge in [0.1, 0.15) is 0 Å². The van der Waals surface area contributed by atoms with Crippen molar-refractivity contribution in [2.45, 2.75) is 38.6 Å². The van der Waals surface area contributed by atoms with Crippen LogP contribution in [0.25, 0.3) is 0 Å². The van der Waals surface area contributed by atoms with Gasteiger partial charge in [-0.05, 0) is 42.4 Å². The van der Waals surface area contributed by atoms with E-state index in [0.717, 1.165) is 24.9 Å². The van der Waals surface area contributed by atoms with Crippen molar-refractivity contribution in [3.63, 3.8) is 0 Å². The first-order chi connectivity index (χ1) is 8.97. The van der Waals surface area contributed by atoms with Gasteiger partial charge in [0.2, 0.25) is 0 Å². The molecule has 1 saturated carbocycles. The maximum absolute atomic E-state index is 12.3. The summed E-state index contributed by atoms with van der Waals surface area (Å²) >= 11 is 0. The van der Waals surface area contributed by atoms with Gasteiger partial charge >= 0.3 is 0 Å². The van der Waals surface area contributed by atoms with Gasteiger partial charge in [-0.25, -0.2) is 0 Å². The van der Waals surface area contributed by atoms with E-state index >= 15 is 0 Å². The van der Waals surface area contributed by atoms with E-state index in [2.05, 4.69) is 13.8 Å². The van der Waals surface area contributed by atoms with Crippen molar-refractivity contribution < 1.29 is 4.79 Å². The van der Waals surface area contributed by atoms with Crippen molar-refractivity contribution in [1.82, 2.24) is 4.90 Å². The molecule has 1 amide bonds. The molecule has 0 aliphatic heterocycles. The number of amides is 1. The summed E-state index contributed by atoms with van der Waals surface area (Å²) in [7, 11) is 1.88. The van der Waals surface area contributed by atoms with Crippen LogP contribution in [0.5, 0.6) is 0 Å². The van der Waals surface area contributed by atoms with Crippen LogP contribution >= 0.6 is 0 Å². The normalized spacial score (nSPS) is 22.2. The largest absolute Gasteiger partial charge is 0.341 e. The molecule has 0 radical (unpaired) electrons. The summed E-state index contributed by atoms with van der Waals surface area (Å²) in [6, 6.07) is 8.30. The highest BCUT2D eigenvalue weighted by Gasteiger charge is 2.28. The first kappa shape index (κ1) is 14.1. The Morgan fingerprint density at radius 1 is 1.32 bits per heavy atom. The fourth-order valence-electron chi connectivity index (χ4n) is 2.64. The lowest BCUT2D eigenvalue weighted by molar-refractivity contribution is 0.0734. The standard InChI is InChI=1S/C16H24N2O/c1-11(2)13-4-6-14(7-5-13)16(19)18(3)10-12-8-15(17)9-12/h4-7,11-12,15H,8-10,17H2,1-3H3. The van der Waals surface area contributed by atoms with Crippen LogP contribution in [0.1, 0.15) is 48.5 Å². The number of hydrogen-bond donors (Lipinski definition) is 1. The van der Waals surface area contributed by atoms with Gasteiger partial charge in [-0.1, -0.05) is 26.0 Å². The maximum Gasteiger partial charge on any atom is 0.253 e. The molecule has 0 saturated heterocycles. The van der Waals surface area contributed by atoms with E-state index in [1.807, 2.05) is 36.2 Å². The molecule has 1 fully saturated rings. The zero-order valence-electron chi connectivity index (χ0n) is 12.1.